The van der Waals surface area contributed by atoms with Crippen LogP contribution in [0.15, 0.2) is 15.9 Å². The highest BCUT2D eigenvalue weighted by molar-refractivity contribution is 9.10. The van der Waals surface area contributed by atoms with Crippen LogP contribution in [-0.4, -0.2) is 26.5 Å². The lowest BCUT2D eigenvalue weighted by atomic mass is 10.2. The predicted octanol–water partition coefficient (Wildman–Crippen LogP) is 1.43. The third kappa shape index (κ3) is 4.54. The molecule has 1 aromatic heterocycles. The van der Waals surface area contributed by atoms with Crippen LogP contribution in [0.2, 0.25) is 0 Å². The quantitative estimate of drug-likeness (QED) is 0.914. The summed E-state index contributed by atoms with van der Waals surface area (Å²) < 4.78 is 22.9. The third-order valence-electron chi connectivity index (χ3n) is 1.60. The van der Waals surface area contributed by atoms with Crippen LogP contribution >= 0.6 is 27.3 Å². The van der Waals surface area contributed by atoms with E-state index in [9.17, 15) is 8.42 Å². The number of sulfone groups is 1. The summed E-state index contributed by atoms with van der Waals surface area (Å²) in [6.07, 6.45) is 1.82. The summed E-state index contributed by atoms with van der Waals surface area (Å²) in [4.78, 5) is 1.10. The molecule has 1 aromatic rings. The van der Waals surface area contributed by atoms with E-state index in [1.165, 1.54) is 6.26 Å². The van der Waals surface area contributed by atoms with Gasteiger partial charge in [-0.25, -0.2) is 8.42 Å². The Morgan fingerprint density at radius 3 is 2.71 bits per heavy atom. The highest BCUT2D eigenvalue weighted by Crippen LogP contribution is 2.20. The van der Waals surface area contributed by atoms with Gasteiger partial charge in [-0.15, -0.1) is 11.3 Å². The maximum Gasteiger partial charge on any atom is 0.148 e. The first-order chi connectivity index (χ1) is 6.37. The van der Waals surface area contributed by atoms with Crippen LogP contribution in [0, 0.1) is 0 Å². The van der Waals surface area contributed by atoms with Crippen LogP contribution in [0.25, 0.3) is 0 Å². The van der Waals surface area contributed by atoms with Crippen LogP contribution in [0.4, 0.5) is 0 Å². The van der Waals surface area contributed by atoms with E-state index in [4.69, 9.17) is 5.73 Å². The van der Waals surface area contributed by atoms with Crippen LogP contribution in [0.5, 0.6) is 0 Å². The molecule has 3 nitrogen and oxygen atoms in total. The Labute approximate surface area is 96.4 Å². The lowest BCUT2D eigenvalue weighted by Crippen LogP contribution is -2.30. The van der Waals surface area contributed by atoms with Gasteiger partial charge in [0.25, 0.3) is 0 Å². The smallest absolute Gasteiger partial charge is 0.148 e. The average Bonchev–Trinajstić information content (AvgIpc) is 2.30. The third-order valence-corrected chi connectivity index (χ3v) is 4.36. The highest BCUT2D eigenvalue weighted by atomic mass is 79.9. The lowest BCUT2D eigenvalue weighted by Gasteiger charge is -2.07. The van der Waals surface area contributed by atoms with E-state index in [0.717, 1.165) is 9.35 Å². The zero-order chi connectivity index (χ0) is 10.8. The van der Waals surface area contributed by atoms with Crippen molar-refractivity contribution in [3.63, 3.8) is 0 Å². The van der Waals surface area contributed by atoms with Gasteiger partial charge in [-0.1, -0.05) is 0 Å². The molecule has 1 rings (SSSR count). The molecule has 1 unspecified atom stereocenters. The van der Waals surface area contributed by atoms with E-state index in [1.54, 1.807) is 11.3 Å². The molecule has 0 saturated heterocycles. The average molecular weight is 298 g/mol. The van der Waals surface area contributed by atoms with Crippen molar-refractivity contribution >= 4 is 37.1 Å². The largest absolute Gasteiger partial charge is 0.326 e. The topological polar surface area (TPSA) is 60.2 Å². The maximum atomic E-state index is 11.0. The Morgan fingerprint density at radius 2 is 2.29 bits per heavy atom. The van der Waals surface area contributed by atoms with Crippen molar-refractivity contribution in [2.45, 2.75) is 12.5 Å². The molecule has 1 atom stereocenters. The maximum absolute atomic E-state index is 11.0. The zero-order valence-corrected chi connectivity index (χ0v) is 11.0. The summed E-state index contributed by atoms with van der Waals surface area (Å²) in [5.74, 6) is 0.0442. The van der Waals surface area contributed by atoms with Crippen molar-refractivity contribution in [1.29, 1.82) is 0 Å². The molecule has 0 saturated carbocycles. The normalized spacial score (nSPS) is 14.2. The molecule has 80 valence electrons. The van der Waals surface area contributed by atoms with Crippen LogP contribution in [0.3, 0.4) is 0 Å². The first-order valence-electron chi connectivity index (χ1n) is 4.03. The van der Waals surface area contributed by atoms with Gasteiger partial charge in [0.1, 0.15) is 9.84 Å². The van der Waals surface area contributed by atoms with Crippen LogP contribution in [0.1, 0.15) is 4.88 Å². The molecule has 0 spiro atoms. The second-order valence-corrected chi connectivity index (χ2v) is 7.38. The Kier molecular flexibility index (Phi) is 4.12. The van der Waals surface area contributed by atoms with Crippen LogP contribution in [-0.2, 0) is 16.3 Å². The summed E-state index contributed by atoms with van der Waals surface area (Å²) in [6.45, 7) is 0. The van der Waals surface area contributed by atoms with Gasteiger partial charge in [-0.05, 0) is 28.4 Å². The number of hydrogen-bond acceptors (Lipinski definition) is 4. The van der Waals surface area contributed by atoms with E-state index < -0.39 is 9.84 Å². The van der Waals surface area contributed by atoms with Gasteiger partial charge in [0.15, 0.2) is 0 Å². The first-order valence-corrected chi connectivity index (χ1v) is 7.76. The molecule has 6 heteroatoms. The fourth-order valence-electron chi connectivity index (χ4n) is 1.17. The van der Waals surface area contributed by atoms with Crippen molar-refractivity contribution in [3.8, 4) is 0 Å². The van der Waals surface area contributed by atoms with Crippen molar-refractivity contribution < 1.29 is 8.42 Å². The van der Waals surface area contributed by atoms with Crippen molar-refractivity contribution in [3.05, 3.63) is 20.8 Å². The number of thiophene rings is 1. The molecule has 0 aromatic carbocycles. The standard InChI is InChI=1S/C8H12BrNO2S2/c1-14(11,12)5-7(10)3-8-2-6(9)4-13-8/h2,4,7H,3,5,10H2,1H3. The number of halogens is 1. The summed E-state index contributed by atoms with van der Waals surface area (Å²) >= 11 is 4.92. The number of hydrogen-bond donors (Lipinski definition) is 1. The molecule has 0 radical (unpaired) electrons. The molecular formula is C8H12BrNO2S2. The van der Waals surface area contributed by atoms with Gasteiger partial charge in [0.05, 0.1) is 5.75 Å². The summed E-state index contributed by atoms with van der Waals surface area (Å²) in [5.41, 5.74) is 5.71. The van der Waals surface area contributed by atoms with Gasteiger partial charge in [0, 0.05) is 27.0 Å². The molecule has 2 N–H and O–H groups in total. The Hall–Kier alpha value is 0.0900. The summed E-state index contributed by atoms with van der Waals surface area (Å²) in [5, 5.41) is 1.96. The molecule has 0 aliphatic rings. The van der Waals surface area contributed by atoms with Gasteiger partial charge in [-0.3, -0.25) is 0 Å². The van der Waals surface area contributed by atoms with Crippen molar-refractivity contribution in [2.75, 3.05) is 12.0 Å². The molecule has 0 amide bonds. The lowest BCUT2D eigenvalue weighted by molar-refractivity contribution is 0.592. The number of nitrogens with two attached hydrogens (primary N) is 1. The molecule has 1 heterocycles. The van der Waals surface area contributed by atoms with E-state index in [0.29, 0.717) is 6.42 Å². The zero-order valence-electron chi connectivity index (χ0n) is 7.73. The SMILES string of the molecule is CS(=O)(=O)CC(N)Cc1cc(Br)cs1. The Balaban J connectivity index is 2.53. The van der Waals surface area contributed by atoms with Gasteiger partial charge >= 0.3 is 0 Å². The molecule has 0 fully saturated rings. The second-order valence-electron chi connectivity index (χ2n) is 3.29. The van der Waals surface area contributed by atoms with Gasteiger partial charge < -0.3 is 5.73 Å². The van der Waals surface area contributed by atoms with Crippen molar-refractivity contribution in [1.82, 2.24) is 0 Å². The van der Waals surface area contributed by atoms with E-state index in [-0.39, 0.29) is 11.8 Å². The summed E-state index contributed by atoms with van der Waals surface area (Å²) in [7, 11) is -2.97. The number of rotatable bonds is 4. The molecule has 0 aliphatic carbocycles. The molecular weight excluding hydrogens is 286 g/mol. The fraction of sp³-hybridized carbons (Fsp3) is 0.500. The van der Waals surface area contributed by atoms with Gasteiger partial charge in [-0.2, -0.15) is 0 Å². The van der Waals surface area contributed by atoms with Crippen LogP contribution < -0.4 is 5.73 Å². The first kappa shape index (κ1) is 12.2. The Morgan fingerprint density at radius 1 is 1.64 bits per heavy atom. The monoisotopic (exact) mass is 297 g/mol. The predicted molar refractivity (Wildman–Crippen MR) is 63.4 cm³/mol. The summed E-state index contributed by atoms with van der Waals surface area (Å²) in [6, 6.07) is 1.66. The van der Waals surface area contributed by atoms with Crippen molar-refractivity contribution in [2.24, 2.45) is 5.73 Å². The molecule has 14 heavy (non-hydrogen) atoms. The molecule has 0 aliphatic heterocycles. The van der Waals surface area contributed by atoms with Gasteiger partial charge in [0.2, 0.25) is 0 Å². The van der Waals surface area contributed by atoms with E-state index >= 15 is 0 Å². The minimum absolute atomic E-state index is 0.0442. The molecule has 0 bridgehead atoms. The Bertz CT molecular complexity index is 399. The fourth-order valence-corrected chi connectivity index (χ4v) is 3.61. The van der Waals surface area contributed by atoms with E-state index in [1.807, 2.05) is 11.4 Å². The minimum atomic E-state index is -2.97. The highest BCUT2D eigenvalue weighted by Gasteiger charge is 2.12. The second kappa shape index (κ2) is 4.74. The van der Waals surface area contributed by atoms with E-state index in [2.05, 4.69) is 15.9 Å². The minimum Gasteiger partial charge on any atom is -0.326 e.